The third-order valence-electron chi connectivity index (χ3n) is 4.33. The Morgan fingerprint density at radius 1 is 0.875 bits per heavy atom. The minimum absolute atomic E-state index is 0.311. The average Bonchev–Trinajstić information content (AvgIpc) is 2.58. The van der Waals surface area contributed by atoms with Gasteiger partial charge in [0, 0.05) is 9.80 Å². The molecule has 2 nitrogen and oxygen atoms in total. The van der Waals surface area contributed by atoms with Crippen LogP contribution in [0.4, 0.5) is 0 Å². The lowest BCUT2D eigenvalue weighted by molar-refractivity contribution is 0.595. The van der Waals surface area contributed by atoms with Crippen LogP contribution in [-0.4, -0.2) is 8.42 Å². The molecule has 0 atom stereocenters. The number of rotatable bonds is 3. The maximum absolute atomic E-state index is 13.3. The Hall–Kier alpha value is -1.17. The van der Waals surface area contributed by atoms with Crippen molar-refractivity contribution in [1.29, 1.82) is 0 Å². The van der Waals surface area contributed by atoms with E-state index >= 15 is 0 Å². The molecule has 0 spiro atoms. The van der Waals surface area contributed by atoms with E-state index in [-0.39, 0.29) is 0 Å². The van der Waals surface area contributed by atoms with E-state index in [2.05, 4.69) is 31.9 Å². The largest absolute Gasteiger partial charge is 0.218 e. The van der Waals surface area contributed by atoms with Crippen LogP contribution in [-0.2, 0) is 15.2 Å². The van der Waals surface area contributed by atoms with Crippen LogP contribution in [0.3, 0.4) is 0 Å². The highest BCUT2D eigenvalue weighted by Crippen LogP contribution is 2.37. The molecule has 0 radical (unpaired) electrons. The van der Waals surface area contributed by atoms with Crippen LogP contribution >= 0.6 is 31.9 Å². The van der Waals surface area contributed by atoms with Gasteiger partial charge in [-0.3, -0.25) is 0 Å². The molecule has 124 valence electrons. The van der Waals surface area contributed by atoms with Gasteiger partial charge in [0.1, 0.15) is 0 Å². The fourth-order valence-electron chi connectivity index (χ4n) is 3.07. The number of halogens is 2. The van der Waals surface area contributed by atoms with Crippen LogP contribution in [0.15, 0.2) is 62.8 Å². The summed E-state index contributed by atoms with van der Waals surface area (Å²) >= 11 is 6.84. The molecule has 0 aliphatic rings. The van der Waals surface area contributed by atoms with Crippen LogP contribution in [0, 0.1) is 13.8 Å². The maximum Gasteiger partial charge on any atom is 0.207 e. The molecule has 0 N–H and O–H groups in total. The van der Waals surface area contributed by atoms with Gasteiger partial charge in [-0.1, -0.05) is 56.1 Å². The Balaban J connectivity index is 2.41. The Bertz CT molecular complexity index is 1020. The molecule has 0 aliphatic carbocycles. The highest BCUT2D eigenvalue weighted by molar-refractivity contribution is 9.10. The second-order valence-corrected chi connectivity index (χ2v) is 9.06. The summed E-state index contributed by atoms with van der Waals surface area (Å²) in [6, 6.07) is 14.7. The Morgan fingerprint density at radius 3 is 1.96 bits per heavy atom. The van der Waals surface area contributed by atoms with Crippen molar-refractivity contribution in [1.82, 2.24) is 0 Å². The molecule has 0 heterocycles. The van der Waals surface area contributed by atoms with E-state index in [1.54, 1.807) is 24.3 Å². The average molecular weight is 468 g/mol. The smallest absolute Gasteiger partial charge is 0.207 e. The normalized spacial score (nSPS) is 11.8. The Morgan fingerprint density at radius 2 is 1.42 bits per heavy atom. The molecular formula is C19H16Br2O2S. The SMILES string of the molecule is Cc1c(CBr)c(S(=O)(=O)c2ccc(Br)cc2)c(C)c2ccccc12. The lowest BCUT2D eigenvalue weighted by Gasteiger charge is -2.18. The van der Waals surface area contributed by atoms with E-state index in [0.29, 0.717) is 15.1 Å². The molecule has 3 aromatic rings. The number of sulfone groups is 1. The zero-order valence-corrected chi connectivity index (χ0v) is 17.3. The van der Waals surface area contributed by atoms with E-state index in [9.17, 15) is 8.42 Å². The first-order chi connectivity index (χ1) is 11.4. The van der Waals surface area contributed by atoms with Crippen molar-refractivity contribution in [3.63, 3.8) is 0 Å². The Kier molecular flexibility index (Phi) is 4.87. The van der Waals surface area contributed by atoms with Gasteiger partial charge in [0.2, 0.25) is 9.84 Å². The second kappa shape index (κ2) is 6.62. The van der Waals surface area contributed by atoms with E-state index < -0.39 is 9.84 Å². The first-order valence-electron chi connectivity index (χ1n) is 7.45. The van der Waals surface area contributed by atoms with Crippen molar-refractivity contribution < 1.29 is 8.42 Å². The standard InChI is InChI=1S/C19H16Br2O2S/c1-12-16-5-3-4-6-17(16)13(2)19(18(12)11-20)24(22,23)15-9-7-14(21)8-10-15/h3-10H,11H2,1-2H3. The van der Waals surface area contributed by atoms with Gasteiger partial charge in [0.25, 0.3) is 0 Å². The number of fused-ring (bicyclic) bond motifs is 1. The second-order valence-electron chi connectivity index (χ2n) is 5.69. The Labute approximate surface area is 159 Å². The minimum Gasteiger partial charge on any atom is -0.218 e. The minimum atomic E-state index is -3.59. The first-order valence-corrected chi connectivity index (χ1v) is 10.8. The van der Waals surface area contributed by atoms with Gasteiger partial charge < -0.3 is 0 Å². The quantitative estimate of drug-likeness (QED) is 0.446. The zero-order chi connectivity index (χ0) is 17.5. The van der Waals surface area contributed by atoms with Crippen LogP contribution in [0.2, 0.25) is 0 Å². The molecule has 0 saturated heterocycles. The van der Waals surface area contributed by atoms with Gasteiger partial charge in [-0.05, 0) is 65.6 Å². The lowest BCUT2D eigenvalue weighted by Crippen LogP contribution is -2.09. The molecule has 3 rings (SSSR count). The summed E-state index contributed by atoms with van der Waals surface area (Å²) in [5.41, 5.74) is 2.63. The summed E-state index contributed by atoms with van der Waals surface area (Å²) < 4.78 is 27.5. The molecule has 0 unspecified atom stereocenters. The van der Waals surface area contributed by atoms with Gasteiger partial charge in [-0.25, -0.2) is 8.42 Å². The van der Waals surface area contributed by atoms with Crippen molar-refractivity contribution in [3.05, 3.63) is 69.7 Å². The molecule has 0 aliphatic heterocycles. The summed E-state index contributed by atoms with van der Waals surface area (Å²) in [4.78, 5) is 0.726. The molecule has 0 amide bonds. The predicted octanol–water partition coefficient (Wildman–Crippen LogP) is 5.95. The number of hydrogen-bond donors (Lipinski definition) is 0. The monoisotopic (exact) mass is 466 g/mol. The summed E-state index contributed by atoms with van der Waals surface area (Å²) in [6.45, 7) is 3.87. The predicted molar refractivity (Wildman–Crippen MR) is 106 cm³/mol. The molecule has 0 aromatic heterocycles. The third-order valence-corrected chi connectivity index (χ3v) is 7.40. The topological polar surface area (TPSA) is 34.1 Å². The number of benzene rings is 3. The first kappa shape index (κ1) is 17.6. The summed E-state index contributed by atoms with van der Waals surface area (Å²) in [5, 5.41) is 2.57. The van der Waals surface area contributed by atoms with Gasteiger partial charge >= 0.3 is 0 Å². The van der Waals surface area contributed by atoms with Crippen LogP contribution in [0.5, 0.6) is 0 Å². The van der Waals surface area contributed by atoms with E-state index in [1.807, 2.05) is 38.1 Å². The maximum atomic E-state index is 13.3. The van der Waals surface area contributed by atoms with Crippen molar-refractivity contribution >= 4 is 52.5 Å². The third kappa shape index (κ3) is 2.83. The van der Waals surface area contributed by atoms with E-state index in [0.717, 1.165) is 31.9 Å². The van der Waals surface area contributed by atoms with E-state index in [4.69, 9.17) is 0 Å². The zero-order valence-electron chi connectivity index (χ0n) is 13.3. The fraction of sp³-hybridized carbons (Fsp3) is 0.158. The molecule has 0 bridgehead atoms. The fourth-order valence-corrected chi connectivity index (χ4v) is 6.02. The summed E-state index contributed by atoms with van der Waals surface area (Å²) in [7, 11) is -3.59. The molecule has 24 heavy (non-hydrogen) atoms. The number of hydrogen-bond acceptors (Lipinski definition) is 2. The molecule has 3 aromatic carbocycles. The van der Waals surface area contributed by atoms with Crippen LogP contribution in [0.1, 0.15) is 16.7 Å². The van der Waals surface area contributed by atoms with Crippen molar-refractivity contribution in [2.75, 3.05) is 0 Å². The number of alkyl halides is 1. The highest BCUT2D eigenvalue weighted by atomic mass is 79.9. The van der Waals surface area contributed by atoms with Crippen molar-refractivity contribution in [2.24, 2.45) is 0 Å². The van der Waals surface area contributed by atoms with Gasteiger partial charge in [-0.15, -0.1) is 0 Å². The number of aryl methyl sites for hydroxylation is 2. The van der Waals surface area contributed by atoms with Crippen molar-refractivity contribution in [3.8, 4) is 0 Å². The highest BCUT2D eigenvalue weighted by Gasteiger charge is 2.26. The lowest BCUT2D eigenvalue weighted by atomic mass is 9.97. The molecule has 0 fully saturated rings. The van der Waals surface area contributed by atoms with Crippen LogP contribution in [0.25, 0.3) is 10.8 Å². The summed E-state index contributed by atoms with van der Waals surface area (Å²) in [5.74, 6) is 0. The van der Waals surface area contributed by atoms with E-state index in [1.165, 1.54) is 0 Å². The van der Waals surface area contributed by atoms with Gasteiger partial charge in [-0.2, -0.15) is 0 Å². The molecule has 0 saturated carbocycles. The van der Waals surface area contributed by atoms with Crippen LogP contribution < -0.4 is 0 Å². The summed E-state index contributed by atoms with van der Waals surface area (Å²) in [6.07, 6.45) is 0. The van der Waals surface area contributed by atoms with Gasteiger partial charge in [0.05, 0.1) is 9.79 Å². The van der Waals surface area contributed by atoms with Crippen molar-refractivity contribution in [2.45, 2.75) is 29.0 Å². The molecular weight excluding hydrogens is 452 g/mol. The molecule has 5 heteroatoms. The van der Waals surface area contributed by atoms with Gasteiger partial charge in [0.15, 0.2) is 0 Å².